The summed E-state index contributed by atoms with van der Waals surface area (Å²) < 4.78 is 5.00. The highest BCUT2D eigenvalue weighted by molar-refractivity contribution is 6.05. The Morgan fingerprint density at radius 1 is 1.21 bits per heavy atom. The van der Waals surface area contributed by atoms with Crippen LogP contribution in [0.3, 0.4) is 0 Å². The molecule has 6 heteroatoms. The number of ketones is 1. The van der Waals surface area contributed by atoms with Crippen LogP contribution in [0.15, 0.2) is 30.3 Å². The van der Waals surface area contributed by atoms with E-state index in [1.165, 1.54) is 14.0 Å². The first-order valence-electron chi connectivity index (χ1n) is 7.26. The monoisotopic (exact) mass is 330 g/mol. The average Bonchev–Trinajstić information content (AvgIpc) is 2.58. The molecule has 0 saturated heterocycles. The van der Waals surface area contributed by atoms with Gasteiger partial charge in [-0.1, -0.05) is 30.3 Å². The highest BCUT2D eigenvalue weighted by Crippen LogP contribution is 2.42. The first kappa shape index (κ1) is 17.5. The van der Waals surface area contributed by atoms with Crippen molar-refractivity contribution in [3.05, 3.63) is 52.6 Å². The Labute approximate surface area is 138 Å². The summed E-state index contributed by atoms with van der Waals surface area (Å²) in [6.45, 7) is 1.46. The van der Waals surface area contributed by atoms with Crippen LogP contribution >= 0.6 is 0 Å². The number of Topliss-reactive ketones (excluding diaryl/α,β-unsaturated/α-hetero) is 1. The molecule has 3 N–H and O–H groups in total. The molecule has 24 heavy (non-hydrogen) atoms. The molecule has 0 aliphatic heterocycles. The van der Waals surface area contributed by atoms with E-state index in [1.54, 1.807) is 30.3 Å². The van der Waals surface area contributed by atoms with E-state index in [2.05, 4.69) is 0 Å². The molecular formula is C18H18O6. The number of carbonyl (C=O) groups excluding carboxylic acids is 2. The third-order valence-corrected chi connectivity index (χ3v) is 3.83. The van der Waals surface area contributed by atoms with Crippen molar-refractivity contribution in [2.24, 2.45) is 0 Å². The average molecular weight is 330 g/mol. The minimum atomic E-state index is -1.10. The number of aromatic hydroxyl groups is 2. The topological polar surface area (TPSA) is 104 Å². The number of aliphatic hydroxyl groups excluding tert-OH is 1. The summed E-state index contributed by atoms with van der Waals surface area (Å²) in [7, 11) is 1.29. The van der Waals surface area contributed by atoms with Crippen molar-refractivity contribution < 1.29 is 29.6 Å². The number of rotatable bonds is 6. The summed E-state index contributed by atoms with van der Waals surface area (Å²) in [6, 6.07) is 8.54. The van der Waals surface area contributed by atoms with Crippen molar-refractivity contribution in [2.45, 2.75) is 19.4 Å². The van der Waals surface area contributed by atoms with Gasteiger partial charge in [0.1, 0.15) is 22.8 Å². The van der Waals surface area contributed by atoms with Crippen molar-refractivity contribution >= 4 is 12.1 Å². The Morgan fingerprint density at radius 2 is 1.83 bits per heavy atom. The van der Waals surface area contributed by atoms with Gasteiger partial charge in [0.15, 0.2) is 12.1 Å². The van der Waals surface area contributed by atoms with E-state index in [0.29, 0.717) is 11.8 Å². The van der Waals surface area contributed by atoms with E-state index in [9.17, 15) is 24.9 Å². The number of phenolic OH excluding ortho intramolecular Hbond substituents is 2. The van der Waals surface area contributed by atoms with Gasteiger partial charge >= 0.3 is 0 Å². The van der Waals surface area contributed by atoms with Gasteiger partial charge in [-0.05, 0) is 12.5 Å². The minimum Gasteiger partial charge on any atom is -0.507 e. The highest BCUT2D eigenvalue weighted by atomic mass is 16.5. The Hall–Kier alpha value is -2.86. The Kier molecular flexibility index (Phi) is 5.21. The third-order valence-electron chi connectivity index (χ3n) is 3.83. The standard InChI is InChI=1S/C18H18O6/c1-10-16(22)15(17(23)12(9-19)18(10)24-2)14(21)8-13(20)11-6-4-3-5-7-11/h3-7,9,13,20,22-23H,8H2,1-2H3/t13-/m0/s1. The Bertz CT molecular complexity index is 767. The number of aldehydes is 1. The number of benzene rings is 2. The van der Waals surface area contributed by atoms with E-state index in [-0.39, 0.29) is 23.3 Å². The van der Waals surface area contributed by atoms with Crippen LogP contribution in [0.25, 0.3) is 0 Å². The molecule has 0 aliphatic carbocycles. The number of phenols is 2. The van der Waals surface area contributed by atoms with Gasteiger partial charge in [-0.2, -0.15) is 0 Å². The molecule has 6 nitrogen and oxygen atoms in total. The summed E-state index contributed by atoms with van der Waals surface area (Å²) in [5.74, 6) is -1.81. The molecular weight excluding hydrogens is 312 g/mol. The van der Waals surface area contributed by atoms with Crippen LogP contribution in [0.2, 0.25) is 0 Å². The molecule has 0 heterocycles. The second kappa shape index (κ2) is 7.14. The smallest absolute Gasteiger partial charge is 0.173 e. The Balaban J connectivity index is 2.43. The first-order chi connectivity index (χ1) is 11.4. The Morgan fingerprint density at radius 3 is 2.38 bits per heavy atom. The lowest BCUT2D eigenvalue weighted by atomic mass is 9.94. The molecule has 0 saturated carbocycles. The van der Waals surface area contributed by atoms with E-state index < -0.39 is 28.9 Å². The second-order valence-electron chi connectivity index (χ2n) is 5.32. The maximum absolute atomic E-state index is 12.5. The van der Waals surface area contributed by atoms with E-state index >= 15 is 0 Å². The van der Waals surface area contributed by atoms with Crippen LogP contribution in [-0.2, 0) is 0 Å². The van der Waals surface area contributed by atoms with Gasteiger partial charge in [-0.15, -0.1) is 0 Å². The summed E-state index contributed by atoms with van der Waals surface area (Å²) in [5, 5.41) is 30.5. The van der Waals surface area contributed by atoms with E-state index in [0.717, 1.165) is 0 Å². The second-order valence-corrected chi connectivity index (χ2v) is 5.32. The number of methoxy groups -OCH3 is 1. The molecule has 2 rings (SSSR count). The fraction of sp³-hybridized carbons (Fsp3) is 0.222. The van der Waals surface area contributed by atoms with Crippen molar-refractivity contribution in [1.82, 2.24) is 0 Å². The number of carbonyl (C=O) groups is 2. The molecule has 2 aromatic rings. The van der Waals surface area contributed by atoms with Gasteiger partial charge in [0, 0.05) is 12.0 Å². The molecule has 0 fully saturated rings. The fourth-order valence-corrected chi connectivity index (χ4v) is 2.56. The maximum atomic E-state index is 12.5. The summed E-state index contributed by atoms with van der Waals surface area (Å²) in [5.41, 5.74) is 0.0800. The molecule has 0 radical (unpaired) electrons. The van der Waals surface area contributed by atoms with Crippen LogP contribution in [0.5, 0.6) is 17.2 Å². The van der Waals surface area contributed by atoms with Crippen molar-refractivity contribution in [2.75, 3.05) is 7.11 Å². The number of hydrogen-bond donors (Lipinski definition) is 3. The SMILES string of the molecule is COc1c(C)c(O)c(C(=O)C[C@H](O)c2ccccc2)c(O)c1C=O. The molecule has 126 valence electrons. The predicted molar refractivity (Wildman–Crippen MR) is 86.8 cm³/mol. The molecule has 1 atom stereocenters. The molecule has 0 bridgehead atoms. The fourth-order valence-electron chi connectivity index (χ4n) is 2.56. The number of aliphatic hydroxyl groups is 1. The quantitative estimate of drug-likeness (QED) is 0.555. The van der Waals surface area contributed by atoms with Crippen LogP contribution in [-0.4, -0.2) is 34.5 Å². The molecule has 0 aromatic heterocycles. The largest absolute Gasteiger partial charge is 0.507 e. The summed E-state index contributed by atoms with van der Waals surface area (Å²) >= 11 is 0. The van der Waals surface area contributed by atoms with E-state index in [1.807, 2.05) is 0 Å². The van der Waals surface area contributed by atoms with E-state index in [4.69, 9.17) is 4.74 Å². The zero-order chi connectivity index (χ0) is 17.9. The minimum absolute atomic E-state index is 0.000146. The van der Waals surface area contributed by atoms with Crippen LogP contribution < -0.4 is 4.74 Å². The van der Waals surface area contributed by atoms with Gasteiger partial charge in [0.2, 0.25) is 0 Å². The van der Waals surface area contributed by atoms with Gasteiger partial charge in [-0.25, -0.2) is 0 Å². The van der Waals surface area contributed by atoms with Gasteiger partial charge < -0.3 is 20.1 Å². The highest BCUT2D eigenvalue weighted by Gasteiger charge is 2.27. The molecule has 2 aromatic carbocycles. The molecule has 0 amide bonds. The summed E-state index contributed by atoms with van der Waals surface area (Å²) in [4.78, 5) is 23.7. The van der Waals surface area contributed by atoms with Crippen LogP contribution in [0.1, 0.15) is 44.4 Å². The van der Waals surface area contributed by atoms with Crippen molar-refractivity contribution in [3.8, 4) is 17.2 Å². The molecule has 0 unspecified atom stereocenters. The first-order valence-corrected chi connectivity index (χ1v) is 7.26. The van der Waals surface area contributed by atoms with Gasteiger partial charge in [-0.3, -0.25) is 9.59 Å². The lowest BCUT2D eigenvalue weighted by Gasteiger charge is -2.16. The van der Waals surface area contributed by atoms with Crippen molar-refractivity contribution in [3.63, 3.8) is 0 Å². The maximum Gasteiger partial charge on any atom is 0.173 e. The lowest BCUT2D eigenvalue weighted by Crippen LogP contribution is -2.10. The van der Waals surface area contributed by atoms with Gasteiger partial charge in [0.05, 0.1) is 18.8 Å². The third kappa shape index (κ3) is 3.09. The van der Waals surface area contributed by atoms with Crippen LogP contribution in [0, 0.1) is 6.92 Å². The number of ether oxygens (including phenoxy) is 1. The zero-order valence-electron chi connectivity index (χ0n) is 13.3. The zero-order valence-corrected chi connectivity index (χ0v) is 13.3. The predicted octanol–water partition coefficient (Wildman–Crippen LogP) is 2.53. The normalized spacial score (nSPS) is 11.8. The summed E-state index contributed by atoms with van der Waals surface area (Å²) in [6.07, 6.45) is -1.10. The molecule has 0 aliphatic rings. The lowest BCUT2D eigenvalue weighted by molar-refractivity contribution is 0.0875. The molecule has 0 spiro atoms. The van der Waals surface area contributed by atoms with Gasteiger partial charge in [0.25, 0.3) is 0 Å². The van der Waals surface area contributed by atoms with Crippen molar-refractivity contribution in [1.29, 1.82) is 0 Å². The van der Waals surface area contributed by atoms with Crippen LogP contribution in [0.4, 0.5) is 0 Å². The number of hydrogen-bond acceptors (Lipinski definition) is 6.